The van der Waals surface area contributed by atoms with Gasteiger partial charge < -0.3 is 10.5 Å². The van der Waals surface area contributed by atoms with Crippen LogP contribution in [-0.2, 0) is 4.74 Å². The number of nitrogens with two attached hydrogens (primary N) is 1. The Morgan fingerprint density at radius 1 is 1.41 bits per heavy atom. The van der Waals surface area contributed by atoms with Gasteiger partial charge in [-0.15, -0.1) is 11.8 Å². The van der Waals surface area contributed by atoms with Gasteiger partial charge in [0.15, 0.2) is 0 Å². The Balaban J connectivity index is 1.74. The molecule has 1 fully saturated rings. The second kappa shape index (κ2) is 4.63. The molecule has 2 aliphatic heterocycles. The third-order valence-electron chi connectivity index (χ3n) is 3.80. The number of ether oxygens (including phenoxy) is 1. The molecule has 2 nitrogen and oxygen atoms in total. The van der Waals surface area contributed by atoms with Crippen molar-refractivity contribution in [1.82, 2.24) is 0 Å². The van der Waals surface area contributed by atoms with E-state index >= 15 is 0 Å². The molecule has 0 saturated carbocycles. The molecule has 1 aromatic carbocycles. The number of rotatable bonds is 2. The molecule has 2 aliphatic rings. The number of fused-ring (bicyclic) bond motifs is 1. The van der Waals surface area contributed by atoms with Crippen molar-refractivity contribution >= 4 is 11.8 Å². The van der Waals surface area contributed by atoms with Crippen molar-refractivity contribution in [2.24, 2.45) is 5.73 Å². The van der Waals surface area contributed by atoms with Crippen LogP contribution in [0, 0.1) is 0 Å². The number of thioether (sulfide) groups is 1. The molecule has 0 bridgehead atoms. The van der Waals surface area contributed by atoms with E-state index in [1.807, 2.05) is 11.8 Å². The summed E-state index contributed by atoms with van der Waals surface area (Å²) in [6.07, 6.45) is 3.28. The van der Waals surface area contributed by atoms with Crippen LogP contribution in [0.15, 0.2) is 29.2 Å². The van der Waals surface area contributed by atoms with E-state index in [1.54, 1.807) is 0 Å². The summed E-state index contributed by atoms with van der Waals surface area (Å²) >= 11 is 1.97. The third kappa shape index (κ3) is 2.37. The molecule has 92 valence electrons. The van der Waals surface area contributed by atoms with Gasteiger partial charge in [0.05, 0.1) is 6.61 Å². The lowest BCUT2D eigenvalue weighted by atomic mass is 9.82. The van der Waals surface area contributed by atoms with Gasteiger partial charge >= 0.3 is 0 Å². The van der Waals surface area contributed by atoms with Crippen LogP contribution < -0.4 is 5.73 Å². The van der Waals surface area contributed by atoms with Crippen molar-refractivity contribution in [3.8, 4) is 0 Å². The van der Waals surface area contributed by atoms with Gasteiger partial charge in [-0.05, 0) is 36.8 Å². The van der Waals surface area contributed by atoms with Crippen LogP contribution in [0.4, 0.5) is 0 Å². The maximum atomic E-state index is 6.46. The van der Waals surface area contributed by atoms with Gasteiger partial charge in [0.1, 0.15) is 0 Å². The number of benzene rings is 1. The Hall–Kier alpha value is -0.510. The van der Waals surface area contributed by atoms with Crippen molar-refractivity contribution < 1.29 is 4.74 Å². The molecule has 2 heterocycles. The van der Waals surface area contributed by atoms with Crippen LogP contribution in [0.5, 0.6) is 0 Å². The van der Waals surface area contributed by atoms with Gasteiger partial charge in [-0.25, -0.2) is 0 Å². The van der Waals surface area contributed by atoms with Crippen LogP contribution in [-0.4, -0.2) is 24.5 Å². The Morgan fingerprint density at radius 2 is 2.29 bits per heavy atom. The first-order chi connectivity index (χ1) is 8.27. The summed E-state index contributed by atoms with van der Waals surface area (Å²) in [7, 11) is 0. The van der Waals surface area contributed by atoms with Crippen molar-refractivity contribution in [2.45, 2.75) is 35.6 Å². The van der Waals surface area contributed by atoms with Crippen LogP contribution in [0.25, 0.3) is 0 Å². The van der Waals surface area contributed by atoms with Crippen molar-refractivity contribution in [3.63, 3.8) is 0 Å². The van der Waals surface area contributed by atoms with E-state index in [2.05, 4.69) is 24.3 Å². The molecule has 3 rings (SSSR count). The largest absolute Gasteiger partial charge is 0.380 e. The number of hydrogen-bond acceptors (Lipinski definition) is 3. The first kappa shape index (κ1) is 11.6. The highest BCUT2D eigenvalue weighted by atomic mass is 32.2. The van der Waals surface area contributed by atoms with Crippen LogP contribution in [0.2, 0.25) is 0 Å². The predicted molar refractivity (Wildman–Crippen MR) is 71.5 cm³/mol. The summed E-state index contributed by atoms with van der Waals surface area (Å²) in [4.78, 5) is 1.44. The molecule has 1 saturated heterocycles. The standard InChI is InChI=1S/C14H19NOS/c15-14(6-3-7-16-10-14)8-11-9-17-13-5-2-1-4-12(11)13/h1-2,4-5,11H,3,6-10,15H2. The maximum Gasteiger partial charge on any atom is 0.0646 e. The van der Waals surface area contributed by atoms with Crippen LogP contribution >= 0.6 is 11.8 Å². The fraction of sp³-hybridized carbons (Fsp3) is 0.571. The topological polar surface area (TPSA) is 35.2 Å². The van der Waals surface area contributed by atoms with Gasteiger partial charge in [-0.3, -0.25) is 0 Å². The zero-order chi connectivity index (χ0) is 11.7. The molecule has 17 heavy (non-hydrogen) atoms. The van der Waals surface area contributed by atoms with E-state index in [9.17, 15) is 0 Å². The third-order valence-corrected chi connectivity index (χ3v) is 5.06. The smallest absolute Gasteiger partial charge is 0.0646 e. The van der Waals surface area contributed by atoms with Gasteiger partial charge in [0.2, 0.25) is 0 Å². The van der Waals surface area contributed by atoms with Crippen LogP contribution in [0.1, 0.15) is 30.7 Å². The van der Waals surface area contributed by atoms with E-state index in [-0.39, 0.29) is 5.54 Å². The summed E-state index contributed by atoms with van der Waals surface area (Å²) in [5, 5.41) is 0. The highest BCUT2D eigenvalue weighted by Crippen LogP contribution is 2.43. The minimum absolute atomic E-state index is 0.0963. The molecule has 2 N–H and O–H groups in total. The average molecular weight is 249 g/mol. The molecule has 0 aliphatic carbocycles. The normalized spacial score (nSPS) is 32.4. The van der Waals surface area contributed by atoms with Crippen molar-refractivity contribution in [2.75, 3.05) is 19.0 Å². The molecule has 3 heteroatoms. The molecule has 1 aromatic rings. The summed E-state index contributed by atoms with van der Waals surface area (Å²) < 4.78 is 5.55. The molecular formula is C14H19NOS. The van der Waals surface area contributed by atoms with E-state index in [4.69, 9.17) is 10.5 Å². The second-order valence-electron chi connectivity index (χ2n) is 5.27. The molecule has 2 unspecified atom stereocenters. The van der Waals surface area contributed by atoms with Crippen molar-refractivity contribution in [1.29, 1.82) is 0 Å². The SMILES string of the molecule is NC1(CC2CSc3ccccc32)CCCOC1. The van der Waals surface area contributed by atoms with Gasteiger partial charge in [0.25, 0.3) is 0 Å². The lowest BCUT2D eigenvalue weighted by Crippen LogP contribution is -2.48. The van der Waals surface area contributed by atoms with E-state index in [1.165, 1.54) is 16.2 Å². The lowest BCUT2D eigenvalue weighted by molar-refractivity contribution is 0.0323. The van der Waals surface area contributed by atoms with E-state index < -0.39 is 0 Å². The molecule has 0 aromatic heterocycles. The Kier molecular flexibility index (Phi) is 3.16. The Bertz CT molecular complexity index is 401. The second-order valence-corrected chi connectivity index (χ2v) is 6.33. The molecule has 0 radical (unpaired) electrons. The monoisotopic (exact) mass is 249 g/mol. The highest BCUT2D eigenvalue weighted by molar-refractivity contribution is 7.99. The average Bonchev–Trinajstić information content (AvgIpc) is 2.73. The van der Waals surface area contributed by atoms with E-state index in [0.717, 1.165) is 32.5 Å². The van der Waals surface area contributed by atoms with Crippen LogP contribution in [0.3, 0.4) is 0 Å². The van der Waals surface area contributed by atoms with Crippen molar-refractivity contribution in [3.05, 3.63) is 29.8 Å². The first-order valence-corrected chi connectivity index (χ1v) is 7.34. The zero-order valence-electron chi connectivity index (χ0n) is 10.0. The first-order valence-electron chi connectivity index (χ1n) is 6.35. The summed E-state index contributed by atoms with van der Waals surface area (Å²) in [5.74, 6) is 1.79. The quantitative estimate of drug-likeness (QED) is 0.875. The highest BCUT2D eigenvalue weighted by Gasteiger charge is 2.34. The summed E-state index contributed by atoms with van der Waals surface area (Å²) in [5.41, 5.74) is 7.86. The maximum absolute atomic E-state index is 6.46. The van der Waals surface area contributed by atoms with Gasteiger partial charge in [0, 0.05) is 22.8 Å². The fourth-order valence-corrected chi connectivity index (χ4v) is 4.18. The number of hydrogen-bond donors (Lipinski definition) is 1. The molecule has 0 spiro atoms. The Morgan fingerprint density at radius 3 is 3.12 bits per heavy atom. The predicted octanol–water partition coefficient (Wildman–Crippen LogP) is 2.77. The fourth-order valence-electron chi connectivity index (χ4n) is 2.92. The van der Waals surface area contributed by atoms with E-state index in [0.29, 0.717) is 5.92 Å². The molecular weight excluding hydrogens is 230 g/mol. The zero-order valence-corrected chi connectivity index (χ0v) is 10.8. The molecule has 2 atom stereocenters. The van der Waals surface area contributed by atoms with Gasteiger partial charge in [-0.2, -0.15) is 0 Å². The minimum Gasteiger partial charge on any atom is -0.380 e. The Labute approximate surface area is 107 Å². The van der Waals surface area contributed by atoms with Gasteiger partial charge in [-0.1, -0.05) is 18.2 Å². The molecule has 0 amide bonds. The summed E-state index contributed by atoms with van der Waals surface area (Å²) in [6, 6.07) is 8.74. The lowest BCUT2D eigenvalue weighted by Gasteiger charge is -2.35. The summed E-state index contributed by atoms with van der Waals surface area (Å²) in [6.45, 7) is 1.62. The minimum atomic E-state index is -0.0963.